The van der Waals surface area contributed by atoms with Crippen LogP contribution in [0.25, 0.3) is 0 Å². The van der Waals surface area contributed by atoms with Crippen LogP contribution in [0.5, 0.6) is 0 Å². The van der Waals surface area contributed by atoms with Crippen molar-refractivity contribution in [2.24, 2.45) is 0 Å². The van der Waals surface area contributed by atoms with Crippen LogP contribution in [0.15, 0.2) is 10.9 Å². The van der Waals surface area contributed by atoms with Crippen LogP contribution in [-0.2, 0) is 0 Å². The summed E-state index contributed by atoms with van der Waals surface area (Å²) >= 11 is 1.44. The van der Waals surface area contributed by atoms with Gasteiger partial charge in [0.2, 0.25) is 0 Å². The first kappa shape index (κ1) is 8.95. The van der Waals surface area contributed by atoms with Gasteiger partial charge in [-0.25, -0.2) is 4.98 Å². The number of Topliss-reactive ketones (excluding diaryl/α,β-unsaturated/α-hetero) is 1. The van der Waals surface area contributed by atoms with Crippen molar-refractivity contribution in [1.29, 1.82) is 0 Å². The van der Waals surface area contributed by atoms with Crippen molar-refractivity contribution in [2.75, 3.05) is 0 Å². The minimum Gasteiger partial charge on any atom is -0.292 e. The summed E-state index contributed by atoms with van der Waals surface area (Å²) in [4.78, 5) is 15.2. The van der Waals surface area contributed by atoms with Gasteiger partial charge < -0.3 is 0 Å². The first-order valence-electron chi connectivity index (χ1n) is 3.65. The van der Waals surface area contributed by atoms with Crippen LogP contribution in [0, 0.1) is 11.8 Å². The summed E-state index contributed by atoms with van der Waals surface area (Å²) in [6, 6.07) is 0. The van der Waals surface area contributed by atoms with Gasteiger partial charge in [0.1, 0.15) is 5.69 Å². The zero-order valence-corrected chi connectivity index (χ0v) is 7.65. The topological polar surface area (TPSA) is 30.0 Å². The largest absolute Gasteiger partial charge is 0.292 e. The average molecular weight is 179 g/mol. The molecule has 0 amide bonds. The fourth-order valence-corrected chi connectivity index (χ4v) is 1.34. The molecule has 0 saturated heterocycles. The zero-order chi connectivity index (χ0) is 8.81. The highest BCUT2D eigenvalue weighted by atomic mass is 32.1. The summed E-state index contributed by atoms with van der Waals surface area (Å²) in [7, 11) is 0. The van der Waals surface area contributed by atoms with Gasteiger partial charge in [-0.15, -0.1) is 23.2 Å². The van der Waals surface area contributed by atoms with E-state index in [1.165, 1.54) is 11.3 Å². The number of hydrogen-bond acceptors (Lipinski definition) is 3. The van der Waals surface area contributed by atoms with Crippen LogP contribution in [-0.4, -0.2) is 10.8 Å². The van der Waals surface area contributed by atoms with Gasteiger partial charge in [-0.2, -0.15) is 0 Å². The lowest BCUT2D eigenvalue weighted by Crippen LogP contribution is -1.97. The Kier molecular flexibility index (Phi) is 3.49. The van der Waals surface area contributed by atoms with E-state index in [0.29, 0.717) is 18.5 Å². The number of ketones is 1. The molecule has 0 aliphatic rings. The second-order valence-electron chi connectivity index (χ2n) is 2.22. The second-order valence-corrected chi connectivity index (χ2v) is 2.94. The fourth-order valence-electron chi connectivity index (χ4n) is 0.779. The third-order valence-corrected chi connectivity index (χ3v) is 1.96. The van der Waals surface area contributed by atoms with Gasteiger partial charge in [0, 0.05) is 18.2 Å². The van der Waals surface area contributed by atoms with E-state index in [0.717, 1.165) is 0 Å². The molecular weight excluding hydrogens is 170 g/mol. The molecule has 0 spiro atoms. The molecule has 0 bridgehead atoms. The third kappa shape index (κ3) is 2.48. The van der Waals surface area contributed by atoms with Gasteiger partial charge in [-0.05, 0) is 6.92 Å². The SMILES string of the molecule is CC#CCCC(=O)c1cscn1. The third-order valence-electron chi connectivity index (χ3n) is 1.37. The number of rotatable bonds is 3. The molecule has 0 unspecified atom stereocenters. The molecule has 0 aliphatic carbocycles. The monoisotopic (exact) mass is 179 g/mol. The van der Waals surface area contributed by atoms with Gasteiger partial charge in [-0.1, -0.05) is 0 Å². The van der Waals surface area contributed by atoms with E-state index >= 15 is 0 Å². The van der Waals surface area contributed by atoms with Crippen molar-refractivity contribution in [3.05, 3.63) is 16.6 Å². The first-order chi connectivity index (χ1) is 5.84. The molecule has 0 N–H and O–H groups in total. The fraction of sp³-hybridized carbons (Fsp3) is 0.333. The molecule has 1 aromatic rings. The van der Waals surface area contributed by atoms with Crippen molar-refractivity contribution >= 4 is 17.1 Å². The number of nitrogens with zero attached hydrogens (tertiary/aromatic N) is 1. The van der Waals surface area contributed by atoms with Gasteiger partial charge in [0.15, 0.2) is 5.78 Å². The van der Waals surface area contributed by atoms with Crippen LogP contribution in [0.2, 0.25) is 0 Å². The van der Waals surface area contributed by atoms with E-state index in [1.54, 1.807) is 17.8 Å². The summed E-state index contributed by atoms with van der Waals surface area (Å²) in [6.07, 6.45) is 1.11. The Bertz CT molecular complexity index is 305. The molecule has 1 rings (SSSR count). The minimum atomic E-state index is 0.0824. The lowest BCUT2D eigenvalue weighted by Gasteiger charge is -1.89. The van der Waals surface area contributed by atoms with Crippen molar-refractivity contribution in [3.8, 4) is 11.8 Å². The summed E-state index contributed by atoms with van der Waals surface area (Å²) < 4.78 is 0. The molecule has 3 heteroatoms. The lowest BCUT2D eigenvalue weighted by atomic mass is 10.2. The van der Waals surface area contributed by atoms with Crippen molar-refractivity contribution in [2.45, 2.75) is 19.8 Å². The van der Waals surface area contributed by atoms with Crippen LogP contribution in [0.4, 0.5) is 0 Å². The molecule has 1 aromatic heterocycles. The Morgan fingerprint density at radius 1 is 1.75 bits per heavy atom. The number of carbonyl (C=O) groups is 1. The van der Waals surface area contributed by atoms with E-state index in [2.05, 4.69) is 16.8 Å². The highest BCUT2D eigenvalue weighted by Gasteiger charge is 2.05. The Morgan fingerprint density at radius 2 is 2.58 bits per heavy atom. The summed E-state index contributed by atoms with van der Waals surface area (Å²) in [5, 5.41) is 1.77. The number of thiazole rings is 1. The van der Waals surface area contributed by atoms with Gasteiger partial charge >= 0.3 is 0 Å². The Hall–Kier alpha value is -1.14. The summed E-state index contributed by atoms with van der Waals surface area (Å²) in [5.74, 6) is 5.68. The highest BCUT2D eigenvalue weighted by molar-refractivity contribution is 7.07. The van der Waals surface area contributed by atoms with Gasteiger partial charge in [0.25, 0.3) is 0 Å². The maximum Gasteiger partial charge on any atom is 0.182 e. The number of aromatic nitrogens is 1. The number of hydrogen-bond donors (Lipinski definition) is 0. The molecule has 0 saturated carbocycles. The van der Waals surface area contributed by atoms with Gasteiger partial charge in [-0.3, -0.25) is 4.79 Å². The van der Waals surface area contributed by atoms with E-state index in [4.69, 9.17) is 0 Å². The lowest BCUT2D eigenvalue weighted by molar-refractivity contribution is 0.0980. The van der Waals surface area contributed by atoms with Crippen molar-refractivity contribution < 1.29 is 4.79 Å². The van der Waals surface area contributed by atoms with Crippen molar-refractivity contribution in [3.63, 3.8) is 0 Å². The molecule has 0 aliphatic heterocycles. The van der Waals surface area contributed by atoms with Gasteiger partial charge in [0.05, 0.1) is 5.51 Å². The predicted molar refractivity (Wildman–Crippen MR) is 49.1 cm³/mol. The molecule has 0 aromatic carbocycles. The normalized spacial score (nSPS) is 8.75. The molecular formula is C9H9NOS. The average Bonchev–Trinajstić information content (AvgIpc) is 2.56. The summed E-state index contributed by atoms with van der Waals surface area (Å²) in [5.41, 5.74) is 2.23. The predicted octanol–water partition coefficient (Wildman–Crippen LogP) is 2.13. The molecule has 0 fully saturated rings. The Morgan fingerprint density at radius 3 is 3.17 bits per heavy atom. The Labute approximate surface area is 75.6 Å². The molecule has 2 nitrogen and oxygen atoms in total. The minimum absolute atomic E-state index is 0.0824. The standard InChI is InChI=1S/C9H9NOS/c1-2-3-4-5-9(11)8-6-12-7-10-8/h6-7H,4-5H2,1H3. The molecule has 1 heterocycles. The van der Waals surface area contributed by atoms with Crippen LogP contribution < -0.4 is 0 Å². The molecule has 12 heavy (non-hydrogen) atoms. The quantitative estimate of drug-likeness (QED) is 0.525. The second kappa shape index (κ2) is 4.68. The maximum absolute atomic E-state index is 11.3. The van der Waals surface area contributed by atoms with E-state index in [-0.39, 0.29) is 5.78 Å². The number of carbonyl (C=O) groups excluding carboxylic acids is 1. The first-order valence-corrected chi connectivity index (χ1v) is 4.60. The van der Waals surface area contributed by atoms with E-state index < -0.39 is 0 Å². The van der Waals surface area contributed by atoms with E-state index in [9.17, 15) is 4.79 Å². The van der Waals surface area contributed by atoms with Crippen molar-refractivity contribution in [1.82, 2.24) is 4.98 Å². The van der Waals surface area contributed by atoms with Crippen LogP contribution >= 0.6 is 11.3 Å². The smallest absolute Gasteiger partial charge is 0.182 e. The summed E-state index contributed by atoms with van der Waals surface area (Å²) in [6.45, 7) is 1.77. The van der Waals surface area contributed by atoms with Crippen LogP contribution in [0.3, 0.4) is 0 Å². The van der Waals surface area contributed by atoms with E-state index in [1.807, 2.05) is 0 Å². The molecule has 0 radical (unpaired) electrons. The van der Waals surface area contributed by atoms with Crippen LogP contribution in [0.1, 0.15) is 30.3 Å². The molecule has 62 valence electrons. The zero-order valence-electron chi connectivity index (χ0n) is 6.83. The Balaban J connectivity index is 2.43. The highest BCUT2D eigenvalue weighted by Crippen LogP contribution is 2.05. The molecule has 0 atom stereocenters. The maximum atomic E-state index is 11.3.